The first-order valence-corrected chi connectivity index (χ1v) is 8.65. The highest BCUT2D eigenvalue weighted by molar-refractivity contribution is 7.13. The Hall–Kier alpha value is -1.92. The number of thiophene rings is 1. The van der Waals surface area contributed by atoms with Crippen molar-refractivity contribution < 1.29 is 4.42 Å². The van der Waals surface area contributed by atoms with Gasteiger partial charge in [0.2, 0.25) is 5.89 Å². The van der Waals surface area contributed by atoms with Crippen molar-refractivity contribution in [3.63, 3.8) is 0 Å². The fourth-order valence-corrected chi connectivity index (χ4v) is 3.45. The van der Waals surface area contributed by atoms with Crippen LogP contribution in [0.5, 0.6) is 0 Å². The summed E-state index contributed by atoms with van der Waals surface area (Å²) in [5, 5.41) is 2.07. The zero-order valence-electron chi connectivity index (χ0n) is 14.0. The molecular weight excluding hydrogens is 308 g/mol. The number of hydrogen-bond acceptors (Lipinski definition) is 5. The molecule has 6 heteroatoms. The van der Waals surface area contributed by atoms with Gasteiger partial charge in [0, 0.05) is 25.5 Å². The lowest BCUT2D eigenvalue weighted by Crippen LogP contribution is -2.20. The van der Waals surface area contributed by atoms with Crippen LogP contribution in [0.15, 0.2) is 28.3 Å². The van der Waals surface area contributed by atoms with Gasteiger partial charge in [0.25, 0.3) is 0 Å². The van der Waals surface area contributed by atoms with Crippen molar-refractivity contribution >= 4 is 11.3 Å². The van der Waals surface area contributed by atoms with Crippen molar-refractivity contribution in [2.45, 2.75) is 40.4 Å². The van der Waals surface area contributed by atoms with Crippen molar-refractivity contribution in [3.8, 4) is 10.8 Å². The van der Waals surface area contributed by atoms with Gasteiger partial charge < -0.3 is 8.98 Å². The molecule has 0 unspecified atom stereocenters. The van der Waals surface area contributed by atoms with Gasteiger partial charge in [-0.25, -0.2) is 9.97 Å². The van der Waals surface area contributed by atoms with Crippen molar-refractivity contribution in [1.82, 2.24) is 19.4 Å². The Bertz CT molecular complexity index is 786. The molecule has 5 nitrogen and oxygen atoms in total. The average Bonchev–Trinajstić information content (AvgIpc) is 3.21. The molecule has 0 atom stereocenters. The van der Waals surface area contributed by atoms with E-state index in [9.17, 15) is 0 Å². The van der Waals surface area contributed by atoms with Crippen LogP contribution in [-0.2, 0) is 19.6 Å². The number of oxazole rings is 1. The molecule has 0 aliphatic heterocycles. The summed E-state index contributed by atoms with van der Waals surface area (Å²) >= 11 is 1.67. The van der Waals surface area contributed by atoms with E-state index in [2.05, 4.69) is 46.8 Å². The van der Waals surface area contributed by atoms with E-state index in [4.69, 9.17) is 9.40 Å². The van der Waals surface area contributed by atoms with E-state index < -0.39 is 0 Å². The minimum Gasteiger partial charge on any atom is -0.440 e. The molecule has 0 radical (unpaired) electrons. The molecular formula is C17H22N4OS. The summed E-state index contributed by atoms with van der Waals surface area (Å²) in [4.78, 5) is 12.5. The Labute approximate surface area is 140 Å². The van der Waals surface area contributed by atoms with Gasteiger partial charge in [0.1, 0.15) is 11.6 Å². The van der Waals surface area contributed by atoms with Gasteiger partial charge in [-0.05, 0) is 44.8 Å². The molecule has 23 heavy (non-hydrogen) atoms. The predicted molar refractivity (Wildman–Crippen MR) is 92.4 cm³/mol. The number of nitrogens with zero attached hydrogens (tertiary/aromatic N) is 4. The fraction of sp³-hybridized carbons (Fsp3) is 0.412. The van der Waals surface area contributed by atoms with Crippen LogP contribution in [0.2, 0.25) is 0 Å². The third kappa shape index (κ3) is 3.38. The maximum absolute atomic E-state index is 5.87. The summed E-state index contributed by atoms with van der Waals surface area (Å²) in [7, 11) is 2.08. The summed E-state index contributed by atoms with van der Waals surface area (Å²) in [6, 6.07) is 2.09. The lowest BCUT2D eigenvalue weighted by molar-refractivity contribution is 0.300. The Morgan fingerprint density at radius 3 is 2.83 bits per heavy atom. The number of aryl methyl sites for hydroxylation is 3. The standard InChI is InChI=1S/C17H22N4OS/c1-5-21-8-7-18-15(21)11-20(4)10-14-13(3)22-17(19-14)16-12(2)6-9-23-16/h6-9H,5,10-11H2,1-4H3. The third-order valence-electron chi connectivity index (χ3n) is 3.92. The summed E-state index contributed by atoms with van der Waals surface area (Å²) < 4.78 is 8.03. The predicted octanol–water partition coefficient (Wildman–Crippen LogP) is 3.87. The topological polar surface area (TPSA) is 47.1 Å². The van der Waals surface area contributed by atoms with E-state index in [1.807, 2.05) is 19.3 Å². The van der Waals surface area contributed by atoms with Crippen LogP contribution in [-0.4, -0.2) is 26.5 Å². The maximum Gasteiger partial charge on any atom is 0.237 e. The number of imidazole rings is 1. The molecule has 3 heterocycles. The highest BCUT2D eigenvalue weighted by Gasteiger charge is 2.16. The molecule has 0 aromatic carbocycles. The summed E-state index contributed by atoms with van der Waals surface area (Å²) in [5.74, 6) is 2.69. The zero-order valence-corrected chi connectivity index (χ0v) is 14.9. The second-order valence-corrected chi connectivity index (χ2v) is 6.67. The van der Waals surface area contributed by atoms with Crippen molar-refractivity contribution in [2.24, 2.45) is 0 Å². The largest absolute Gasteiger partial charge is 0.440 e. The van der Waals surface area contributed by atoms with E-state index in [0.717, 1.165) is 47.7 Å². The van der Waals surface area contributed by atoms with Gasteiger partial charge in [-0.15, -0.1) is 11.3 Å². The Morgan fingerprint density at radius 1 is 1.30 bits per heavy atom. The lowest BCUT2D eigenvalue weighted by Gasteiger charge is -2.15. The smallest absolute Gasteiger partial charge is 0.237 e. The third-order valence-corrected chi connectivity index (χ3v) is 4.93. The minimum absolute atomic E-state index is 0.730. The summed E-state index contributed by atoms with van der Waals surface area (Å²) in [6.07, 6.45) is 3.87. The number of aromatic nitrogens is 3. The highest BCUT2D eigenvalue weighted by Crippen LogP contribution is 2.30. The molecule has 0 bridgehead atoms. The zero-order chi connectivity index (χ0) is 16.4. The Morgan fingerprint density at radius 2 is 2.13 bits per heavy atom. The van der Waals surface area contributed by atoms with Gasteiger partial charge in [0.05, 0.1) is 17.1 Å². The lowest BCUT2D eigenvalue weighted by atomic mass is 10.3. The van der Waals surface area contributed by atoms with Crippen LogP contribution < -0.4 is 0 Å². The maximum atomic E-state index is 5.87. The van der Waals surface area contributed by atoms with E-state index in [1.165, 1.54) is 5.56 Å². The molecule has 3 aromatic rings. The van der Waals surface area contributed by atoms with Crippen LogP contribution in [0.4, 0.5) is 0 Å². The van der Waals surface area contributed by atoms with E-state index in [-0.39, 0.29) is 0 Å². The van der Waals surface area contributed by atoms with Gasteiger partial charge in [-0.2, -0.15) is 0 Å². The van der Waals surface area contributed by atoms with Crippen molar-refractivity contribution in [1.29, 1.82) is 0 Å². The molecule has 122 valence electrons. The monoisotopic (exact) mass is 330 g/mol. The van der Waals surface area contributed by atoms with Crippen molar-refractivity contribution in [2.75, 3.05) is 7.05 Å². The minimum atomic E-state index is 0.730. The molecule has 0 aliphatic rings. The quantitative estimate of drug-likeness (QED) is 0.688. The van der Waals surface area contributed by atoms with Crippen molar-refractivity contribution in [3.05, 3.63) is 46.7 Å². The molecule has 0 saturated carbocycles. The molecule has 0 amide bonds. The Kier molecular flexibility index (Phi) is 4.63. The van der Waals surface area contributed by atoms with Gasteiger partial charge >= 0.3 is 0 Å². The summed E-state index contributed by atoms with van der Waals surface area (Å²) in [6.45, 7) is 8.67. The van der Waals surface area contributed by atoms with Gasteiger partial charge in [-0.3, -0.25) is 4.90 Å². The molecule has 0 fully saturated rings. The van der Waals surface area contributed by atoms with Crippen LogP contribution >= 0.6 is 11.3 Å². The second-order valence-electron chi connectivity index (χ2n) is 5.76. The first kappa shape index (κ1) is 16.0. The molecule has 0 spiro atoms. The Balaban J connectivity index is 1.73. The van der Waals surface area contributed by atoms with Crippen LogP contribution in [0.3, 0.4) is 0 Å². The highest BCUT2D eigenvalue weighted by atomic mass is 32.1. The normalized spacial score (nSPS) is 11.5. The first-order valence-electron chi connectivity index (χ1n) is 7.77. The second kappa shape index (κ2) is 6.68. The van der Waals surface area contributed by atoms with E-state index >= 15 is 0 Å². The molecule has 0 saturated heterocycles. The first-order chi connectivity index (χ1) is 11.1. The molecule has 3 aromatic heterocycles. The summed E-state index contributed by atoms with van der Waals surface area (Å²) in [5.41, 5.74) is 2.20. The SMILES string of the molecule is CCn1ccnc1CN(C)Cc1nc(-c2sccc2C)oc1C. The average molecular weight is 330 g/mol. The van der Waals surface area contributed by atoms with Crippen LogP contribution in [0, 0.1) is 13.8 Å². The van der Waals surface area contributed by atoms with Gasteiger partial charge in [0.15, 0.2) is 0 Å². The fourth-order valence-electron chi connectivity index (χ4n) is 2.60. The number of hydrogen-bond donors (Lipinski definition) is 0. The molecule has 0 N–H and O–H groups in total. The van der Waals surface area contributed by atoms with E-state index in [1.54, 1.807) is 11.3 Å². The molecule has 0 aliphatic carbocycles. The van der Waals surface area contributed by atoms with Crippen LogP contribution in [0.1, 0.15) is 29.8 Å². The van der Waals surface area contributed by atoms with Gasteiger partial charge in [-0.1, -0.05) is 0 Å². The molecule has 3 rings (SSSR count). The van der Waals surface area contributed by atoms with E-state index in [0.29, 0.717) is 0 Å². The number of rotatable bonds is 6. The van der Waals surface area contributed by atoms with Crippen LogP contribution in [0.25, 0.3) is 10.8 Å².